The number of carbonyl (C=O) groups excluding carboxylic acids is 2. The predicted molar refractivity (Wildman–Crippen MR) is 138 cm³/mol. The normalized spacial score (nSPS) is 13.8. The lowest BCUT2D eigenvalue weighted by Gasteiger charge is -2.28. The van der Waals surface area contributed by atoms with Crippen LogP contribution in [-0.2, 0) is 24.3 Å². The molecule has 1 saturated carbocycles. The molecule has 0 radical (unpaired) electrons. The maximum Gasteiger partial charge on any atom is 0.273 e. The standard InChI is InChI=1S/C28H32ClN3O4/c1-35-24-12-10-20(11-13-24)14-15-32(28(34)22-7-3-2-4-8-22)19-25-17-26(31-36-25)27(33)30-18-21-6-5-9-23(29)16-21/h5-6,9-13,16-17,22H,2-4,7-8,14-15,18-19H2,1H3,(H,30,33). The van der Waals surface area contributed by atoms with Gasteiger partial charge in [-0.05, 0) is 54.7 Å². The van der Waals surface area contributed by atoms with Crippen LogP contribution in [0.3, 0.4) is 0 Å². The number of amides is 2. The van der Waals surface area contributed by atoms with Crippen LogP contribution in [0.1, 0.15) is 59.5 Å². The summed E-state index contributed by atoms with van der Waals surface area (Å²) in [5.41, 5.74) is 2.20. The van der Waals surface area contributed by atoms with Crippen molar-refractivity contribution < 1.29 is 18.8 Å². The molecule has 1 aliphatic rings. The Morgan fingerprint density at radius 3 is 2.58 bits per heavy atom. The Morgan fingerprint density at radius 2 is 1.86 bits per heavy atom. The van der Waals surface area contributed by atoms with Crippen LogP contribution in [-0.4, -0.2) is 35.5 Å². The number of nitrogens with one attached hydrogen (secondary N) is 1. The maximum absolute atomic E-state index is 13.4. The number of methoxy groups -OCH3 is 1. The summed E-state index contributed by atoms with van der Waals surface area (Å²) in [7, 11) is 1.64. The largest absolute Gasteiger partial charge is 0.497 e. The number of hydrogen-bond donors (Lipinski definition) is 1. The van der Waals surface area contributed by atoms with E-state index in [1.54, 1.807) is 25.3 Å². The van der Waals surface area contributed by atoms with Crippen molar-refractivity contribution in [3.63, 3.8) is 0 Å². The monoisotopic (exact) mass is 509 g/mol. The summed E-state index contributed by atoms with van der Waals surface area (Å²) in [6.07, 6.45) is 5.91. The number of benzene rings is 2. The smallest absolute Gasteiger partial charge is 0.273 e. The Balaban J connectivity index is 1.40. The third-order valence-electron chi connectivity index (χ3n) is 6.58. The molecule has 3 aromatic rings. The van der Waals surface area contributed by atoms with Gasteiger partial charge in [0.15, 0.2) is 11.5 Å². The predicted octanol–water partition coefficient (Wildman–Crippen LogP) is 5.42. The van der Waals surface area contributed by atoms with E-state index in [0.717, 1.165) is 42.6 Å². The molecule has 1 heterocycles. The SMILES string of the molecule is COc1ccc(CCN(Cc2cc(C(=O)NCc3cccc(Cl)c3)no2)C(=O)C2CCCCC2)cc1. The molecule has 0 saturated heterocycles. The fourth-order valence-corrected chi connectivity index (χ4v) is 4.75. The molecule has 190 valence electrons. The molecule has 0 unspecified atom stereocenters. The minimum atomic E-state index is -0.339. The zero-order valence-electron chi connectivity index (χ0n) is 20.5. The van der Waals surface area contributed by atoms with Crippen LogP contribution in [0.25, 0.3) is 0 Å². The van der Waals surface area contributed by atoms with E-state index in [0.29, 0.717) is 30.3 Å². The van der Waals surface area contributed by atoms with Crippen molar-refractivity contribution in [2.24, 2.45) is 5.92 Å². The van der Waals surface area contributed by atoms with E-state index >= 15 is 0 Å². The number of carbonyl (C=O) groups is 2. The first-order chi connectivity index (χ1) is 17.5. The van der Waals surface area contributed by atoms with Gasteiger partial charge in [0.2, 0.25) is 5.91 Å². The molecular weight excluding hydrogens is 478 g/mol. The number of rotatable bonds is 10. The highest BCUT2D eigenvalue weighted by Gasteiger charge is 2.27. The summed E-state index contributed by atoms with van der Waals surface area (Å²) < 4.78 is 10.7. The van der Waals surface area contributed by atoms with E-state index in [-0.39, 0.29) is 30.0 Å². The van der Waals surface area contributed by atoms with E-state index in [4.69, 9.17) is 20.9 Å². The molecule has 1 aromatic heterocycles. The second-order valence-electron chi connectivity index (χ2n) is 9.18. The van der Waals surface area contributed by atoms with Gasteiger partial charge in [-0.3, -0.25) is 9.59 Å². The van der Waals surface area contributed by atoms with Crippen LogP contribution >= 0.6 is 11.6 Å². The molecule has 1 aliphatic carbocycles. The van der Waals surface area contributed by atoms with E-state index < -0.39 is 0 Å². The fraction of sp³-hybridized carbons (Fsp3) is 0.393. The molecule has 8 heteroatoms. The van der Waals surface area contributed by atoms with Gasteiger partial charge in [0.25, 0.3) is 5.91 Å². The van der Waals surface area contributed by atoms with E-state index in [2.05, 4.69) is 10.5 Å². The average molecular weight is 510 g/mol. The molecule has 2 amide bonds. The summed E-state index contributed by atoms with van der Waals surface area (Å²) in [5.74, 6) is 1.14. The van der Waals surface area contributed by atoms with Crippen molar-refractivity contribution >= 4 is 23.4 Å². The van der Waals surface area contributed by atoms with E-state index in [1.165, 1.54) is 6.42 Å². The third kappa shape index (κ3) is 7.10. The van der Waals surface area contributed by atoms with Gasteiger partial charge in [0.1, 0.15) is 5.75 Å². The van der Waals surface area contributed by atoms with Crippen LogP contribution in [0.5, 0.6) is 5.75 Å². The highest BCUT2D eigenvalue weighted by molar-refractivity contribution is 6.30. The first-order valence-electron chi connectivity index (χ1n) is 12.4. The lowest BCUT2D eigenvalue weighted by Crippen LogP contribution is -2.37. The van der Waals surface area contributed by atoms with Crippen molar-refractivity contribution in [1.82, 2.24) is 15.4 Å². The molecular formula is C28H32ClN3O4. The van der Waals surface area contributed by atoms with Gasteiger partial charge in [-0.15, -0.1) is 0 Å². The fourth-order valence-electron chi connectivity index (χ4n) is 4.53. The van der Waals surface area contributed by atoms with Crippen LogP contribution in [0.15, 0.2) is 59.1 Å². The quantitative estimate of drug-likeness (QED) is 0.394. The molecule has 1 fully saturated rings. The molecule has 36 heavy (non-hydrogen) atoms. The zero-order valence-corrected chi connectivity index (χ0v) is 21.3. The van der Waals surface area contributed by atoms with Gasteiger partial charge in [-0.2, -0.15) is 0 Å². The highest BCUT2D eigenvalue weighted by atomic mass is 35.5. The van der Waals surface area contributed by atoms with Crippen molar-refractivity contribution in [2.75, 3.05) is 13.7 Å². The van der Waals surface area contributed by atoms with Crippen LogP contribution in [0.2, 0.25) is 5.02 Å². The molecule has 0 atom stereocenters. The second kappa shape index (κ2) is 12.6. The van der Waals surface area contributed by atoms with Crippen LogP contribution in [0, 0.1) is 5.92 Å². The zero-order chi connectivity index (χ0) is 25.3. The number of hydrogen-bond acceptors (Lipinski definition) is 5. The van der Waals surface area contributed by atoms with Gasteiger partial charge in [0, 0.05) is 30.1 Å². The minimum Gasteiger partial charge on any atom is -0.497 e. The van der Waals surface area contributed by atoms with Crippen LogP contribution in [0.4, 0.5) is 0 Å². The number of aromatic nitrogens is 1. The maximum atomic E-state index is 13.4. The Morgan fingerprint density at radius 1 is 1.08 bits per heavy atom. The van der Waals surface area contributed by atoms with Gasteiger partial charge < -0.3 is 19.5 Å². The summed E-state index contributed by atoms with van der Waals surface area (Å²) in [4.78, 5) is 27.8. The van der Waals surface area contributed by atoms with E-state index in [1.807, 2.05) is 41.3 Å². The van der Waals surface area contributed by atoms with Gasteiger partial charge in [0.05, 0.1) is 13.7 Å². The molecule has 0 spiro atoms. The summed E-state index contributed by atoms with van der Waals surface area (Å²) in [6.45, 7) is 1.16. The first-order valence-corrected chi connectivity index (χ1v) is 12.8. The lowest BCUT2D eigenvalue weighted by atomic mass is 9.88. The molecule has 0 aliphatic heterocycles. The number of halogens is 1. The Bertz CT molecular complexity index is 1160. The number of nitrogens with zero attached hydrogens (tertiary/aromatic N) is 2. The third-order valence-corrected chi connectivity index (χ3v) is 6.81. The van der Waals surface area contributed by atoms with E-state index in [9.17, 15) is 9.59 Å². The Labute approximate surface area is 216 Å². The Hall–Kier alpha value is -3.32. The van der Waals surface area contributed by atoms with Gasteiger partial charge >= 0.3 is 0 Å². The molecule has 2 aromatic carbocycles. The van der Waals surface area contributed by atoms with Gasteiger partial charge in [-0.25, -0.2) is 0 Å². The average Bonchev–Trinajstić information content (AvgIpc) is 3.39. The first kappa shape index (κ1) is 25.8. The molecule has 7 nitrogen and oxygen atoms in total. The van der Waals surface area contributed by atoms with Crippen molar-refractivity contribution in [3.05, 3.63) is 82.2 Å². The lowest BCUT2D eigenvalue weighted by molar-refractivity contribution is -0.137. The van der Waals surface area contributed by atoms with Gasteiger partial charge in [-0.1, -0.05) is 60.3 Å². The topological polar surface area (TPSA) is 84.7 Å². The Kier molecular flexibility index (Phi) is 9.01. The number of ether oxygens (including phenoxy) is 1. The molecule has 4 rings (SSSR count). The summed E-state index contributed by atoms with van der Waals surface area (Å²) in [6, 6.07) is 16.8. The minimum absolute atomic E-state index is 0.0398. The highest BCUT2D eigenvalue weighted by Crippen LogP contribution is 2.26. The molecule has 0 bridgehead atoms. The summed E-state index contributed by atoms with van der Waals surface area (Å²) >= 11 is 6.01. The van der Waals surface area contributed by atoms with Crippen molar-refractivity contribution in [2.45, 2.75) is 51.6 Å². The van der Waals surface area contributed by atoms with Crippen molar-refractivity contribution in [1.29, 1.82) is 0 Å². The summed E-state index contributed by atoms with van der Waals surface area (Å²) in [5, 5.41) is 7.39. The van der Waals surface area contributed by atoms with Crippen molar-refractivity contribution in [3.8, 4) is 5.75 Å². The molecule has 1 N–H and O–H groups in total. The van der Waals surface area contributed by atoms with Crippen LogP contribution < -0.4 is 10.1 Å². The second-order valence-corrected chi connectivity index (χ2v) is 9.62.